The molecule has 0 aliphatic heterocycles. The van der Waals surface area contributed by atoms with Crippen LogP contribution in [-0.2, 0) is 6.42 Å². The predicted molar refractivity (Wildman–Crippen MR) is 83.2 cm³/mol. The van der Waals surface area contributed by atoms with E-state index in [2.05, 4.69) is 76.2 Å². The van der Waals surface area contributed by atoms with E-state index in [1.54, 1.807) is 11.3 Å². The van der Waals surface area contributed by atoms with Crippen molar-refractivity contribution in [3.63, 3.8) is 0 Å². The maximum Gasteiger partial charge on any atom is 0.0294 e. The molecule has 0 bridgehead atoms. The lowest BCUT2D eigenvalue weighted by atomic mass is 10.1. The topological polar surface area (TPSA) is 12.0 Å². The van der Waals surface area contributed by atoms with Crippen molar-refractivity contribution in [2.45, 2.75) is 32.4 Å². The first-order valence-electron chi connectivity index (χ1n) is 6.17. The summed E-state index contributed by atoms with van der Waals surface area (Å²) in [7, 11) is 0. The fourth-order valence-electron chi connectivity index (χ4n) is 2.10. The van der Waals surface area contributed by atoms with Crippen molar-refractivity contribution in [2.75, 3.05) is 0 Å². The van der Waals surface area contributed by atoms with Crippen LogP contribution in [0.5, 0.6) is 0 Å². The predicted octanol–water partition coefficient (Wildman–Crippen LogP) is 4.79. The van der Waals surface area contributed by atoms with Crippen LogP contribution in [0.25, 0.3) is 0 Å². The lowest BCUT2D eigenvalue weighted by molar-refractivity contribution is 0.477. The number of benzene rings is 1. The fraction of sp³-hybridized carbons (Fsp3) is 0.333. The number of thiophene rings is 1. The van der Waals surface area contributed by atoms with Gasteiger partial charge in [-0.2, -0.15) is 11.3 Å². The molecular weight excluding hydrogens is 306 g/mol. The summed E-state index contributed by atoms with van der Waals surface area (Å²) in [6, 6.07) is 11.6. The highest BCUT2D eigenvalue weighted by atomic mass is 79.9. The van der Waals surface area contributed by atoms with Crippen molar-refractivity contribution < 1.29 is 0 Å². The standard InChI is InChI=1S/C15H18BrNS/c1-11(9-13-7-8-18-10-13)17-12(2)14-3-5-15(16)6-4-14/h3-8,10-12,17H,9H2,1-2H3. The van der Waals surface area contributed by atoms with Crippen LogP contribution in [0.15, 0.2) is 45.6 Å². The molecule has 0 spiro atoms. The first-order chi connectivity index (χ1) is 8.65. The van der Waals surface area contributed by atoms with Crippen LogP contribution >= 0.6 is 27.3 Å². The Kier molecular flexibility index (Phi) is 4.98. The molecule has 2 rings (SSSR count). The smallest absolute Gasteiger partial charge is 0.0294 e. The fourth-order valence-corrected chi connectivity index (χ4v) is 3.04. The summed E-state index contributed by atoms with van der Waals surface area (Å²) in [5.74, 6) is 0. The van der Waals surface area contributed by atoms with E-state index in [1.807, 2.05) is 0 Å². The van der Waals surface area contributed by atoms with Gasteiger partial charge in [-0.3, -0.25) is 0 Å². The van der Waals surface area contributed by atoms with Crippen molar-refractivity contribution in [2.24, 2.45) is 0 Å². The van der Waals surface area contributed by atoms with Crippen LogP contribution in [0.3, 0.4) is 0 Å². The highest BCUT2D eigenvalue weighted by Gasteiger charge is 2.10. The average Bonchev–Trinajstić information content (AvgIpc) is 2.82. The van der Waals surface area contributed by atoms with E-state index in [0.717, 1.165) is 10.9 Å². The molecule has 2 atom stereocenters. The molecular formula is C15H18BrNS. The lowest BCUT2D eigenvalue weighted by Crippen LogP contribution is -2.30. The molecule has 0 amide bonds. The van der Waals surface area contributed by atoms with Crippen molar-refractivity contribution in [1.29, 1.82) is 0 Å². The highest BCUT2D eigenvalue weighted by Crippen LogP contribution is 2.18. The van der Waals surface area contributed by atoms with E-state index in [1.165, 1.54) is 11.1 Å². The second kappa shape index (κ2) is 6.50. The molecule has 0 aliphatic rings. The van der Waals surface area contributed by atoms with Crippen molar-refractivity contribution in [3.8, 4) is 0 Å². The zero-order valence-corrected chi connectivity index (χ0v) is 13.1. The zero-order valence-electron chi connectivity index (χ0n) is 10.7. The molecule has 1 aromatic heterocycles. The van der Waals surface area contributed by atoms with Gasteiger partial charge in [-0.1, -0.05) is 28.1 Å². The Balaban J connectivity index is 1.90. The SMILES string of the molecule is CC(Cc1ccsc1)NC(C)c1ccc(Br)cc1. The van der Waals surface area contributed by atoms with Gasteiger partial charge in [-0.15, -0.1) is 0 Å². The summed E-state index contributed by atoms with van der Waals surface area (Å²) < 4.78 is 1.13. The van der Waals surface area contributed by atoms with Crippen LogP contribution in [0.1, 0.15) is 31.0 Å². The van der Waals surface area contributed by atoms with Gasteiger partial charge in [0.2, 0.25) is 0 Å². The highest BCUT2D eigenvalue weighted by molar-refractivity contribution is 9.10. The Morgan fingerprint density at radius 3 is 2.50 bits per heavy atom. The Bertz CT molecular complexity index is 464. The van der Waals surface area contributed by atoms with Crippen molar-refractivity contribution >= 4 is 27.3 Å². The van der Waals surface area contributed by atoms with Crippen LogP contribution < -0.4 is 5.32 Å². The third kappa shape index (κ3) is 3.94. The maximum absolute atomic E-state index is 3.64. The zero-order chi connectivity index (χ0) is 13.0. The molecule has 1 N–H and O–H groups in total. The number of hydrogen-bond acceptors (Lipinski definition) is 2. The maximum atomic E-state index is 3.64. The van der Waals surface area contributed by atoms with E-state index in [0.29, 0.717) is 12.1 Å². The second-order valence-electron chi connectivity index (χ2n) is 4.68. The van der Waals surface area contributed by atoms with Crippen molar-refractivity contribution in [1.82, 2.24) is 5.32 Å². The molecule has 96 valence electrons. The van der Waals surface area contributed by atoms with Gasteiger partial charge in [0.1, 0.15) is 0 Å². The van der Waals surface area contributed by atoms with Gasteiger partial charge in [0, 0.05) is 16.6 Å². The monoisotopic (exact) mass is 323 g/mol. The van der Waals surface area contributed by atoms with Crippen LogP contribution in [0.2, 0.25) is 0 Å². The van der Waals surface area contributed by atoms with Crippen LogP contribution in [-0.4, -0.2) is 6.04 Å². The minimum absolute atomic E-state index is 0.381. The number of nitrogens with one attached hydrogen (secondary N) is 1. The minimum atomic E-state index is 0.381. The molecule has 18 heavy (non-hydrogen) atoms. The van der Waals surface area contributed by atoms with Crippen molar-refractivity contribution in [3.05, 3.63) is 56.7 Å². The largest absolute Gasteiger partial charge is 0.307 e. The second-order valence-corrected chi connectivity index (χ2v) is 6.37. The first-order valence-corrected chi connectivity index (χ1v) is 7.91. The van der Waals surface area contributed by atoms with Gasteiger partial charge in [0.15, 0.2) is 0 Å². The van der Waals surface area contributed by atoms with E-state index in [9.17, 15) is 0 Å². The minimum Gasteiger partial charge on any atom is -0.307 e. The molecule has 0 saturated carbocycles. The summed E-state index contributed by atoms with van der Waals surface area (Å²) in [4.78, 5) is 0. The van der Waals surface area contributed by atoms with Gasteiger partial charge in [-0.25, -0.2) is 0 Å². The van der Waals surface area contributed by atoms with Gasteiger partial charge in [0.25, 0.3) is 0 Å². The molecule has 0 aliphatic carbocycles. The molecule has 0 radical (unpaired) electrons. The average molecular weight is 324 g/mol. The van der Waals surface area contributed by atoms with E-state index in [4.69, 9.17) is 0 Å². The summed E-state index contributed by atoms with van der Waals surface area (Å²) in [6.07, 6.45) is 1.09. The molecule has 2 aromatic rings. The number of halogens is 1. The number of hydrogen-bond donors (Lipinski definition) is 1. The number of rotatable bonds is 5. The first kappa shape index (κ1) is 13.8. The Morgan fingerprint density at radius 2 is 1.89 bits per heavy atom. The normalized spacial score (nSPS) is 14.4. The summed E-state index contributed by atoms with van der Waals surface area (Å²) in [5.41, 5.74) is 2.75. The Morgan fingerprint density at radius 1 is 1.17 bits per heavy atom. The summed E-state index contributed by atoms with van der Waals surface area (Å²) in [6.45, 7) is 4.46. The van der Waals surface area contributed by atoms with E-state index >= 15 is 0 Å². The summed E-state index contributed by atoms with van der Waals surface area (Å²) >= 11 is 5.23. The molecule has 2 unspecified atom stereocenters. The molecule has 0 fully saturated rings. The third-order valence-electron chi connectivity index (χ3n) is 3.03. The Hall–Kier alpha value is -0.640. The lowest BCUT2D eigenvalue weighted by Gasteiger charge is -2.20. The van der Waals surface area contributed by atoms with Gasteiger partial charge >= 0.3 is 0 Å². The van der Waals surface area contributed by atoms with Gasteiger partial charge < -0.3 is 5.32 Å². The van der Waals surface area contributed by atoms with Crippen LogP contribution in [0.4, 0.5) is 0 Å². The molecule has 1 aromatic carbocycles. The quantitative estimate of drug-likeness (QED) is 0.833. The summed E-state index contributed by atoms with van der Waals surface area (Å²) in [5, 5.41) is 8.01. The van der Waals surface area contributed by atoms with Gasteiger partial charge in [0.05, 0.1) is 0 Å². The van der Waals surface area contributed by atoms with E-state index in [-0.39, 0.29) is 0 Å². The van der Waals surface area contributed by atoms with Gasteiger partial charge in [-0.05, 0) is 60.4 Å². The third-order valence-corrected chi connectivity index (χ3v) is 4.29. The van der Waals surface area contributed by atoms with Crippen LogP contribution in [0, 0.1) is 0 Å². The molecule has 1 nitrogen and oxygen atoms in total. The Labute approximate surface area is 121 Å². The molecule has 0 saturated heterocycles. The van der Waals surface area contributed by atoms with E-state index < -0.39 is 0 Å². The molecule has 1 heterocycles. The molecule has 3 heteroatoms.